The van der Waals surface area contributed by atoms with Crippen molar-refractivity contribution in [2.45, 2.75) is 19.8 Å². The molecule has 1 aromatic carbocycles. The van der Waals surface area contributed by atoms with E-state index in [1.165, 1.54) is 11.9 Å². The van der Waals surface area contributed by atoms with Gasteiger partial charge in [0, 0.05) is 20.1 Å². The summed E-state index contributed by atoms with van der Waals surface area (Å²) in [5, 5.41) is 4.94. The van der Waals surface area contributed by atoms with Crippen molar-refractivity contribution in [3.63, 3.8) is 0 Å². The number of nitrogens with zero attached hydrogens (tertiary/aromatic N) is 1. The Bertz CT molecular complexity index is 669. The number of carbonyl (C=O) groups excluding carboxylic acids is 4. The highest BCUT2D eigenvalue weighted by atomic mass is 16.2. The topological polar surface area (TPSA) is 95.6 Å². The van der Waals surface area contributed by atoms with E-state index in [1.54, 1.807) is 18.2 Å². The van der Waals surface area contributed by atoms with E-state index in [0.29, 0.717) is 24.1 Å². The SMILES string of the molecule is CNC(=O)CC(=O)NCCCN1C(=O)c2ccc(C)cc2C1=O. The molecule has 0 unspecified atom stereocenters. The van der Waals surface area contributed by atoms with Crippen molar-refractivity contribution in [3.05, 3.63) is 34.9 Å². The molecule has 4 amide bonds. The molecule has 0 aliphatic carbocycles. The van der Waals surface area contributed by atoms with Gasteiger partial charge in [-0.05, 0) is 25.5 Å². The fraction of sp³-hybridized carbons (Fsp3) is 0.375. The number of imide groups is 1. The third-order valence-corrected chi connectivity index (χ3v) is 3.61. The molecule has 0 bridgehead atoms. The summed E-state index contributed by atoms with van der Waals surface area (Å²) in [6.45, 7) is 2.39. The first-order valence-electron chi connectivity index (χ1n) is 7.38. The maximum absolute atomic E-state index is 12.2. The lowest BCUT2D eigenvalue weighted by molar-refractivity contribution is -0.128. The van der Waals surface area contributed by atoms with E-state index < -0.39 is 0 Å². The molecule has 0 aromatic heterocycles. The molecular formula is C16H19N3O4. The van der Waals surface area contributed by atoms with Crippen LogP contribution in [0.4, 0.5) is 0 Å². The van der Waals surface area contributed by atoms with Crippen LogP contribution in [0.5, 0.6) is 0 Å². The van der Waals surface area contributed by atoms with E-state index in [2.05, 4.69) is 10.6 Å². The monoisotopic (exact) mass is 317 g/mol. The lowest BCUT2D eigenvalue weighted by atomic mass is 10.1. The molecule has 1 heterocycles. The van der Waals surface area contributed by atoms with Crippen LogP contribution in [-0.2, 0) is 9.59 Å². The molecular weight excluding hydrogens is 298 g/mol. The summed E-state index contributed by atoms with van der Waals surface area (Å²) in [6.07, 6.45) is 0.201. The summed E-state index contributed by atoms with van der Waals surface area (Å²) in [7, 11) is 1.46. The number of fused-ring (bicyclic) bond motifs is 1. The minimum Gasteiger partial charge on any atom is -0.359 e. The van der Waals surface area contributed by atoms with Crippen LogP contribution in [-0.4, -0.2) is 48.7 Å². The maximum atomic E-state index is 12.2. The van der Waals surface area contributed by atoms with Crippen molar-refractivity contribution in [1.82, 2.24) is 15.5 Å². The van der Waals surface area contributed by atoms with Gasteiger partial charge in [-0.15, -0.1) is 0 Å². The van der Waals surface area contributed by atoms with Crippen molar-refractivity contribution in [2.75, 3.05) is 20.1 Å². The second kappa shape index (κ2) is 7.04. The van der Waals surface area contributed by atoms with Gasteiger partial charge in [-0.25, -0.2) is 0 Å². The largest absolute Gasteiger partial charge is 0.359 e. The fourth-order valence-electron chi connectivity index (χ4n) is 2.37. The summed E-state index contributed by atoms with van der Waals surface area (Å²) in [4.78, 5) is 48.1. The Hall–Kier alpha value is -2.70. The highest BCUT2D eigenvalue weighted by Gasteiger charge is 2.34. The van der Waals surface area contributed by atoms with Crippen LogP contribution in [0.2, 0.25) is 0 Å². The van der Waals surface area contributed by atoms with Crippen molar-refractivity contribution < 1.29 is 19.2 Å². The van der Waals surface area contributed by atoms with Gasteiger partial charge in [-0.1, -0.05) is 11.6 Å². The summed E-state index contributed by atoms with van der Waals surface area (Å²) >= 11 is 0. The molecule has 7 nitrogen and oxygen atoms in total. The van der Waals surface area contributed by atoms with E-state index in [-0.39, 0.29) is 36.6 Å². The summed E-state index contributed by atoms with van der Waals surface area (Å²) < 4.78 is 0. The third kappa shape index (κ3) is 3.74. The second-order valence-electron chi connectivity index (χ2n) is 5.36. The number of hydrogen-bond donors (Lipinski definition) is 2. The van der Waals surface area contributed by atoms with Gasteiger partial charge in [-0.3, -0.25) is 24.1 Å². The number of nitrogens with one attached hydrogen (secondary N) is 2. The fourth-order valence-corrected chi connectivity index (χ4v) is 2.37. The molecule has 0 radical (unpaired) electrons. The Kier molecular flexibility index (Phi) is 5.10. The van der Waals surface area contributed by atoms with Crippen LogP contribution in [0.3, 0.4) is 0 Å². The summed E-state index contributed by atoms with van der Waals surface area (Å²) in [5.41, 5.74) is 1.77. The third-order valence-electron chi connectivity index (χ3n) is 3.61. The van der Waals surface area contributed by atoms with Crippen molar-refractivity contribution >= 4 is 23.6 Å². The van der Waals surface area contributed by atoms with Crippen LogP contribution in [0, 0.1) is 6.92 Å². The number of hydrogen-bond acceptors (Lipinski definition) is 4. The van der Waals surface area contributed by atoms with E-state index >= 15 is 0 Å². The Morgan fingerprint density at radius 2 is 1.78 bits per heavy atom. The first-order chi connectivity index (χ1) is 10.9. The molecule has 0 saturated heterocycles. The van der Waals surface area contributed by atoms with Crippen molar-refractivity contribution in [3.8, 4) is 0 Å². The molecule has 0 saturated carbocycles. The van der Waals surface area contributed by atoms with Gasteiger partial charge in [0.05, 0.1) is 11.1 Å². The molecule has 1 aliphatic heterocycles. The average molecular weight is 317 g/mol. The Morgan fingerprint density at radius 1 is 1.09 bits per heavy atom. The highest BCUT2D eigenvalue weighted by molar-refractivity contribution is 6.21. The van der Waals surface area contributed by atoms with Gasteiger partial charge in [-0.2, -0.15) is 0 Å². The minimum atomic E-state index is -0.387. The normalized spacial score (nSPS) is 13.0. The number of benzene rings is 1. The molecule has 1 aromatic rings. The molecule has 2 N–H and O–H groups in total. The predicted molar refractivity (Wildman–Crippen MR) is 82.9 cm³/mol. The van der Waals surface area contributed by atoms with Crippen LogP contribution < -0.4 is 10.6 Å². The molecule has 122 valence electrons. The van der Waals surface area contributed by atoms with Crippen LogP contribution in [0.15, 0.2) is 18.2 Å². The Labute approximate surface area is 134 Å². The van der Waals surface area contributed by atoms with Gasteiger partial charge < -0.3 is 10.6 Å². The quantitative estimate of drug-likeness (QED) is 0.446. The van der Waals surface area contributed by atoms with Gasteiger partial charge >= 0.3 is 0 Å². The van der Waals surface area contributed by atoms with Crippen molar-refractivity contribution in [1.29, 1.82) is 0 Å². The molecule has 0 spiro atoms. The van der Waals surface area contributed by atoms with Gasteiger partial charge in [0.1, 0.15) is 6.42 Å². The molecule has 7 heteroatoms. The van der Waals surface area contributed by atoms with E-state index in [9.17, 15) is 19.2 Å². The average Bonchev–Trinajstić information content (AvgIpc) is 2.75. The maximum Gasteiger partial charge on any atom is 0.261 e. The number of aryl methyl sites for hydroxylation is 1. The van der Waals surface area contributed by atoms with Gasteiger partial charge in [0.15, 0.2) is 0 Å². The minimum absolute atomic E-state index is 0.228. The van der Waals surface area contributed by atoms with Crippen LogP contribution >= 0.6 is 0 Å². The highest BCUT2D eigenvalue weighted by Crippen LogP contribution is 2.23. The zero-order valence-electron chi connectivity index (χ0n) is 13.1. The van der Waals surface area contributed by atoms with E-state index in [4.69, 9.17) is 0 Å². The second-order valence-corrected chi connectivity index (χ2v) is 5.36. The standard InChI is InChI=1S/C16H19N3O4/c1-10-4-5-11-12(8-10)16(23)19(15(11)22)7-3-6-18-14(21)9-13(20)17-2/h4-5,8H,3,6-7,9H2,1-2H3,(H,17,20)(H,18,21). The molecule has 23 heavy (non-hydrogen) atoms. The predicted octanol–water partition coefficient (Wildman–Crippen LogP) is 0.233. The van der Waals surface area contributed by atoms with E-state index in [0.717, 1.165) is 5.56 Å². The lowest BCUT2D eigenvalue weighted by Gasteiger charge is -2.13. The smallest absolute Gasteiger partial charge is 0.261 e. The molecule has 0 fully saturated rings. The first kappa shape index (κ1) is 16.7. The number of rotatable bonds is 6. The van der Waals surface area contributed by atoms with Crippen LogP contribution in [0.25, 0.3) is 0 Å². The van der Waals surface area contributed by atoms with Crippen molar-refractivity contribution in [2.24, 2.45) is 0 Å². The Morgan fingerprint density at radius 3 is 2.48 bits per heavy atom. The first-order valence-corrected chi connectivity index (χ1v) is 7.38. The Balaban J connectivity index is 1.84. The lowest BCUT2D eigenvalue weighted by Crippen LogP contribution is -2.35. The number of amides is 4. The van der Waals surface area contributed by atoms with Gasteiger partial charge in [0.25, 0.3) is 11.8 Å². The zero-order valence-corrected chi connectivity index (χ0v) is 13.1. The summed E-state index contributed by atoms with van der Waals surface area (Å²) in [6, 6.07) is 5.17. The van der Waals surface area contributed by atoms with E-state index in [1.807, 2.05) is 6.92 Å². The summed E-state index contributed by atoms with van der Waals surface area (Å²) in [5.74, 6) is -1.35. The molecule has 1 aliphatic rings. The molecule has 2 rings (SSSR count). The zero-order chi connectivity index (χ0) is 17.0. The number of carbonyl (C=O) groups is 4. The molecule has 0 atom stereocenters. The van der Waals surface area contributed by atoms with Gasteiger partial charge in [0.2, 0.25) is 11.8 Å². The van der Waals surface area contributed by atoms with Crippen LogP contribution in [0.1, 0.15) is 39.1 Å².